The maximum atomic E-state index is 2.47. The molecule has 0 saturated heterocycles. The van der Waals surface area contributed by atoms with Crippen LogP contribution in [-0.4, -0.2) is 0 Å². The van der Waals surface area contributed by atoms with Crippen molar-refractivity contribution in [2.24, 2.45) is 29.1 Å². The molecule has 0 nitrogen and oxygen atoms in total. The first-order chi connectivity index (χ1) is 8.13. The van der Waals surface area contributed by atoms with Crippen molar-refractivity contribution in [3.05, 3.63) is 0 Å². The van der Waals surface area contributed by atoms with Crippen LogP contribution in [0.5, 0.6) is 0 Å². The highest BCUT2D eigenvalue weighted by Crippen LogP contribution is 2.84. The summed E-state index contributed by atoms with van der Waals surface area (Å²) in [7, 11) is 0. The summed E-state index contributed by atoms with van der Waals surface area (Å²) in [5.74, 6) is 4.24. The highest BCUT2D eigenvalue weighted by atomic mass is 14.8. The lowest BCUT2D eigenvalue weighted by Gasteiger charge is -2.17. The lowest BCUT2D eigenvalue weighted by molar-refractivity contribution is 0.332. The molecule has 17 heavy (non-hydrogen) atoms. The van der Waals surface area contributed by atoms with E-state index in [0.29, 0.717) is 0 Å². The van der Waals surface area contributed by atoms with Crippen LogP contribution >= 0.6 is 0 Å². The van der Waals surface area contributed by atoms with Crippen LogP contribution in [0.4, 0.5) is 0 Å². The molecule has 0 N–H and O–H groups in total. The van der Waals surface area contributed by atoms with E-state index in [2.05, 4.69) is 27.7 Å². The summed E-state index contributed by atoms with van der Waals surface area (Å²) in [5.41, 5.74) is 0.863. The molecule has 0 aliphatic heterocycles. The van der Waals surface area contributed by atoms with Gasteiger partial charge in [0.25, 0.3) is 0 Å². The van der Waals surface area contributed by atoms with Crippen LogP contribution in [0.15, 0.2) is 0 Å². The molecule has 2 aliphatic carbocycles. The van der Waals surface area contributed by atoms with Gasteiger partial charge in [-0.15, -0.1) is 0 Å². The van der Waals surface area contributed by atoms with Crippen molar-refractivity contribution in [3.63, 3.8) is 0 Å². The van der Waals surface area contributed by atoms with Crippen molar-refractivity contribution in [3.8, 4) is 0 Å². The van der Waals surface area contributed by atoms with Crippen molar-refractivity contribution < 1.29 is 0 Å². The number of unbranched alkanes of at least 4 members (excludes halogenated alkanes) is 3. The zero-order chi connectivity index (χ0) is 12.5. The van der Waals surface area contributed by atoms with Gasteiger partial charge < -0.3 is 0 Å². The quantitative estimate of drug-likeness (QED) is 0.453. The van der Waals surface area contributed by atoms with Crippen LogP contribution in [0.1, 0.15) is 79.1 Å². The fourth-order valence-electron chi connectivity index (χ4n) is 4.17. The summed E-state index contributed by atoms with van der Waals surface area (Å²) in [6, 6.07) is 0. The summed E-state index contributed by atoms with van der Waals surface area (Å²) in [6.45, 7) is 9.65. The van der Waals surface area contributed by atoms with E-state index in [1.165, 1.54) is 44.9 Å². The number of fused-ring (bicyclic) bond motifs is 1. The molecule has 100 valence electrons. The van der Waals surface area contributed by atoms with Gasteiger partial charge in [-0.25, -0.2) is 0 Å². The Kier molecular flexibility index (Phi) is 4.21. The van der Waals surface area contributed by atoms with Gasteiger partial charge in [-0.05, 0) is 41.9 Å². The molecule has 4 atom stereocenters. The molecular weight excluding hydrogens is 204 g/mol. The minimum Gasteiger partial charge on any atom is -0.0654 e. The van der Waals surface area contributed by atoms with Gasteiger partial charge in [0.05, 0.1) is 0 Å². The normalized spacial score (nSPS) is 35.8. The Labute approximate surface area is 109 Å². The van der Waals surface area contributed by atoms with E-state index < -0.39 is 0 Å². The monoisotopic (exact) mass is 236 g/mol. The molecule has 0 heteroatoms. The molecule has 0 bridgehead atoms. The number of hydrogen-bond donors (Lipinski definition) is 0. The SMILES string of the molecule is CCCCCCC(C)CCC1C2CC12C(C)C. The lowest BCUT2D eigenvalue weighted by atomic mass is 9.88. The number of rotatable bonds is 9. The molecule has 0 spiro atoms. The van der Waals surface area contributed by atoms with Gasteiger partial charge in [-0.2, -0.15) is 0 Å². The molecule has 4 unspecified atom stereocenters. The average Bonchev–Trinajstić information content (AvgIpc) is 3.12. The van der Waals surface area contributed by atoms with Crippen LogP contribution in [0.2, 0.25) is 0 Å². The Balaban J connectivity index is 1.52. The molecule has 0 aromatic heterocycles. The van der Waals surface area contributed by atoms with Crippen molar-refractivity contribution in [2.75, 3.05) is 0 Å². The molecule has 2 aliphatic rings. The van der Waals surface area contributed by atoms with E-state index in [1.807, 2.05) is 0 Å². The van der Waals surface area contributed by atoms with E-state index in [4.69, 9.17) is 0 Å². The van der Waals surface area contributed by atoms with Crippen LogP contribution in [-0.2, 0) is 0 Å². The van der Waals surface area contributed by atoms with Crippen LogP contribution in [0, 0.1) is 29.1 Å². The first-order valence-corrected chi connectivity index (χ1v) is 8.13. The Morgan fingerprint density at radius 3 is 2.35 bits per heavy atom. The first kappa shape index (κ1) is 13.4. The third-order valence-electron chi connectivity index (χ3n) is 5.77. The highest BCUT2D eigenvalue weighted by molar-refractivity contribution is 5.26. The van der Waals surface area contributed by atoms with Gasteiger partial charge >= 0.3 is 0 Å². The predicted octanol–water partition coefficient (Wildman–Crippen LogP) is 5.67. The second kappa shape index (κ2) is 5.33. The van der Waals surface area contributed by atoms with Crippen molar-refractivity contribution >= 4 is 0 Å². The maximum Gasteiger partial charge on any atom is -0.0209 e. The Morgan fingerprint density at radius 2 is 1.82 bits per heavy atom. The highest BCUT2D eigenvalue weighted by Gasteiger charge is 2.78. The summed E-state index contributed by atoms with van der Waals surface area (Å²) < 4.78 is 0. The van der Waals surface area contributed by atoms with Crippen LogP contribution in [0.25, 0.3) is 0 Å². The molecule has 2 saturated carbocycles. The van der Waals surface area contributed by atoms with Crippen molar-refractivity contribution in [1.82, 2.24) is 0 Å². The van der Waals surface area contributed by atoms with Crippen LogP contribution in [0.3, 0.4) is 0 Å². The summed E-state index contributed by atoms with van der Waals surface area (Å²) >= 11 is 0. The Morgan fingerprint density at radius 1 is 1.06 bits per heavy atom. The zero-order valence-electron chi connectivity index (χ0n) is 12.5. The van der Waals surface area contributed by atoms with E-state index in [9.17, 15) is 0 Å². The number of hydrogen-bond acceptors (Lipinski definition) is 0. The van der Waals surface area contributed by atoms with Gasteiger partial charge in [-0.3, -0.25) is 0 Å². The zero-order valence-corrected chi connectivity index (χ0v) is 12.5. The molecule has 0 heterocycles. The smallest absolute Gasteiger partial charge is 0.0209 e. The van der Waals surface area contributed by atoms with E-state index in [1.54, 1.807) is 6.42 Å². The molecule has 0 radical (unpaired) electrons. The largest absolute Gasteiger partial charge is 0.0654 e. The van der Waals surface area contributed by atoms with Gasteiger partial charge in [-0.1, -0.05) is 66.2 Å². The maximum absolute atomic E-state index is 2.47. The fourth-order valence-corrected chi connectivity index (χ4v) is 4.17. The third kappa shape index (κ3) is 2.71. The third-order valence-corrected chi connectivity index (χ3v) is 5.77. The van der Waals surface area contributed by atoms with Gasteiger partial charge in [0.2, 0.25) is 0 Å². The van der Waals surface area contributed by atoms with Crippen LogP contribution < -0.4 is 0 Å². The first-order valence-electron chi connectivity index (χ1n) is 8.13. The molecule has 2 fully saturated rings. The summed E-state index contributed by atoms with van der Waals surface area (Å²) in [5, 5.41) is 0. The standard InChI is InChI=1S/C17H32/c1-5-6-7-8-9-14(4)10-11-15-16-12-17(15,16)13(2)3/h13-16H,5-12H2,1-4H3. The van der Waals surface area contributed by atoms with E-state index >= 15 is 0 Å². The summed E-state index contributed by atoms with van der Waals surface area (Å²) in [6.07, 6.45) is 11.8. The minimum atomic E-state index is 0.863. The van der Waals surface area contributed by atoms with Crippen molar-refractivity contribution in [1.29, 1.82) is 0 Å². The van der Waals surface area contributed by atoms with Gasteiger partial charge in [0.1, 0.15) is 0 Å². The van der Waals surface area contributed by atoms with E-state index in [0.717, 1.165) is 29.1 Å². The second-order valence-electron chi connectivity index (χ2n) is 7.22. The van der Waals surface area contributed by atoms with Crippen molar-refractivity contribution in [2.45, 2.75) is 79.1 Å². The fraction of sp³-hybridized carbons (Fsp3) is 1.00. The van der Waals surface area contributed by atoms with Gasteiger partial charge in [0, 0.05) is 0 Å². The molecule has 0 aromatic rings. The average molecular weight is 236 g/mol. The minimum absolute atomic E-state index is 0.863. The van der Waals surface area contributed by atoms with E-state index in [-0.39, 0.29) is 0 Å². The summed E-state index contributed by atoms with van der Waals surface area (Å²) in [4.78, 5) is 0. The Bertz CT molecular complexity index is 242. The topological polar surface area (TPSA) is 0 Å². The second-order valence-corrected chi connectivity index (χ2v) is 7.22. The molecule has 0 amide bonds. The molecule has 2 rings (SSSR count). The lowest BCUT2D eigenvalue weighted by Crippen LogP contribution is -2.07. The predicted molar refractivity (Wildman–Crippen MR) is 76.0 cm³/mol. The van der Waals surface area contributed by atoms with Gasteiger partial charge in [0.15, 0.2) is 0 Å². The Hall–Kier alpha value is 0. The molecule has 0 aromatic carbocycles. The molecular formula is C17H32.